The number of hydrogen-bond acceptors (Lipinski definition) is 8. The molecule has 194 valence electrons. The molecule has 0 radical (unpaired) electrons. The van der Waals surface area contributed by atoms with Crippen molar-refractivity contribution in [2.45, 2.75) is 50.3 Å². The molecule has 3 aliphatic rings. The molecule has 2 saturated carbocycles. The average Bonchev–Trinajstić information content (AvgIpc) is 3.61. The van der Waals surface area contributed by atoms with Crippen molar-refractivity contribution in [1.82, 2.24) is 20.0 Å². The van der Waals surface area contributed by atoms with Crippen LogP contribution in [-0.4, -0.2) is 48.8 Å². The Kier molecular flexibility index (Phi) is 6.21. The normalized spacial score (nSPS) is 28.6. The van der Waals surface area contributed by atoms with E-state index in [4.69, 9.17) is 5.26 Å². The molecule has 3 unspecified atom stereocenters. The topological polar surface area (TPSA) is 149 Å². The van der Waals surface area contributed by atoms with Gasteiger partial charge < -0.3 is 20.0 Å². The number of likely N-dealkylation sites (N-methyl/N-ethyl adjacent to an activating group) is 1. The number of fused-ring (bicyclic) bond motifs is 1. The lowest BCUT2D eigenvalue weighted by atomic mass is 9.89. The maximum atomic E-state index is 13.7. The third kappa shape index (κ3) is 4.34. The summed E-state index contributed by atoms with van der Waals surface area (Å²) in [7, 11) is 1.73. The van der Waals surface area contributed by atoms with Gasteiger partial charge in [0.25, 0.3) is 5.91 Å². The third-order valence-corrected chi connectivity index (χ3v) is 7.87. The van der Waals surface area contributed by atoms with Gasteiger partial charge in [0.05, 0.1) is 23.3 Å². The van der Waals surface area contributed by atoms with Gasteiger partial charge in [-0.25, -0.2) is 9.37 Å². The Morgan fingerprint density at radius 3 is 2.73 bits per heavy atom. The highest BCUT2D eigenvalue weighted by molar-refractivity contribution is 6.04. The number of aliphatic hydroxyl groups is 1. The van der Waals surface area contributed by atoms with E-state index in [0.29, 0.717) is 42.2 Å². The highest BCUT2D eigenvalue weighted by atomic mass is 19.1. The fourth-order valence-corrected chi connectivity index (χ4v) is 6.28. The van der Waals surface area contributed by atoms with Crippen molar-refractivity contribution in [3.63, 3.8) is 0 Å². The minimum atomic E-state index is -1.14. The van der Waals surface area contributed by atoms with Crippen molar-refractivity contribution in [3.05, 3.63) is 69.2 Å². The molecule has 1 aliphatic heterocycles. The number of hydrogen-bond donors (Lipinski definition) is 3. The van der Waals surface area contributed by atoms with Crippen LogP contribution in [0.4, 0.5) is 10.1 Å². The number of halogens is 1. The van der Waals surface area contributed by atoms with Crippen molar-refractivity contribution >= 4 is 11.6 Å². The van der Waals surface area contributed by atoms with Crippen LogP contribution in [0.2, 0.25) is 0 Å². The second-order valence-corrected chi connectivity index (χ2v) is 10.1. The summed E-state index contributed by atoms with van der Waals surface area (Å²) in [4.78, 5) is 28.6. The number of carbonyl (C=O) groups is 1. The number of nitrogens with one attached hydrogen (secondary N) is 2. The van der Waals surface area contributed by atoms with Gasteiger partial charge in [-0.1, -0.05) is 0 Å². The molecule has 0 saturated heterocycles. The van der Waals surface area contributed by atoms with Gasteiger partial charge >= 0.3 is 6.17 Å². The highest BCUT2D eigenvalue weighted by Gasteiger charge is 2.54. The Hall–Kier alpha value is -3.82. The minimum Gasteiger partial charge on any atom is -0.384 e. The molecule has 0 spiro atoms. The van der Waals surface area contributed by atoms with E-state index < -0.39 is 28.4 Å². The SMILES string of the molecule is CCN1NC([N+](=O)[O-])C=C1C1(O)CC2CC(c3ncn(C)c3C(=O)Nc3ccc(F)c(C#N)c3)CC2C1. The Balaban J connectivity index is 1.31. The Morgan fingerprint density at radius 2 is 2.11 bits per heavy atom. The Morgan fingerprint density at radius 1 is 1.41 bits per heavy atom. The fourth-order valence-electron chi connectivity index (χ4n) is 6.28. The number of nitro groups is 1. The van der Waals surface area contributed by atoms with E-state index in [1.807, 2.05) is 6.92 Å². The zero-order chi connectivity index (χ0) is 26.5. The zero-order valence-corrected chi connectivity index (χ0v) is 20.5. The van der Waals surface area contributed by atoms with Gasteiger partial charge in [-0.05, 0) is 62.6 Å². The third-order valence-electron chi connectivity index (χ3n) is 7.87. The van der Waals surface area contributed by atoms with Crippen LogP contribution in [0.3, 0.4) is 0 Å². The van der Waals surface area contributed by atoms with Gasteiger partial charge in [0.1, 0.15) is 23.2 Å². The summed E-state index contributed by atoms with van der Waals surface area (Å²) in [5.41, 5.74) is 3.49. The molecule has 1 aromatic heterocycles. The Labute approximate surface area is 212 Å². The molecule has 12 heteroatoms. The molecular formula is C25H28FN7O4. The predicted octanol–water partition coefficient (Wildman–Crippen LogP) is 2.64. The molecule has 2 heterocycles. The monoisotopic (exact) mass is 509 g/mol. The maximum absolute atomic E-state index is 13.7. The zero-order valence-electron chi connectivity index (χ0n) is 20.5. The number of imidazole rings is 1. The number of hydrazine groups is 1. The predicted molar refractivity (Wildman–Crippen MR) is 130 cm³/mol. The molecular weight excluding hydrogens is 481 g/mol. The average molecular weight is 510 g/mol. The van der Waals surface area contributed by atoms with Gasteiger partial charge in [0.15, 0.2) is 0 Å². The number of aryl methyl sites for hydroxylation is 1. The summed E-state index contributed by atoms with van der Waals surface area (Å²) in [6.07, 6.45) is 4.51. The van der Waals surface area contributed by atoms with Gasteiger partial charge in [-0.15, -0.1) is 0 Å². The van der Waals surface area contributed by atoms with Crippen LogP contribution < -0.4 is 10.7 Å². The molecule has 3 atom stereocenters. The molecule has 5 rings (SSSR count). The number of aromatic nitrogens is 2. The number of rotatable bonds is 6. The van der Waals surface area contributed by atoms with Crippen molar-refractivity contribution < 1.29 is 19.2 Å². The maximum Gasteiger partial charge on any atom is 0.303 e. The first-order valence-corrected chi connectivity index (χ1v) is 12.3. The summed E-state index contributed by atoms with van der Waals surface area (Å²) in [6.45, 7) is 2.37. The van der Waals surface area contributed by atoms with Crippen LogP contribution in [0.1, 0.15) is 60.3 Å². The number of benzene rings is 1. The number of nitriles is 1. The molecule has 2 aromatic rings. The Bertz CT molecular complexity index is 1320. The van der Waals surface area contributed by atoms with Crippen molar-refractivity contribution in [3.8, 4) is 6.07 Å². The number of carbonyl (C=O) groups excluding carboxylic acids is 1. The van der Waals surface area contributed by atoms with E-state index in [0.717, 1.165) is 18.9 Å². The standard InChI is InChI=1S/C25H28FN7O4/c1-3-32-20(9-21(30-32)33(36)37)25(35)10-15-6-14(7-16(15)11-25)22-23(31(2)13-28-22)24(34)29-18-4-5-19(26)17(8-18)12-27/h4-5,8-9,13-16,21,30,35H,3,6-7,10-11H2,1-2H3,(H,29,34). The molecule has 3 N–H and O–H groups in total. The number of amides is 1. The van der Waals surface area contributed by atoms with E-state index in [1.54, 1.807) is 29.0 Å². The van der Waals surface area contributed by atoms with E-state index in [9.17, 15) is 24.4 Å². The van der Waals surface area contributed by atoms with E-state index in [-0.39, 0.29) is 23.3 Å². The first kappa shape index (κ1) is 24.9. The summed E-state index contributed by atoms with van der Waals surface area (Å²) >= 11 is 0. The lowest BCUT2D eigenvalue weighted by Crippen LogP contribution is -2.45. The van der Waals surface area contributed by atoms with Crippen LogP contribution >= 0.6 is 0 Å². The smallest absolute Gasteiger partial charge is 0.303 e. The first-order chi connectivity index (χ1) is 17.6. The van der Waals surface area contributed by atoms with Crippen LogP contribution in [0.5, 0.6) is 0 Å². The van der Waals surface area contributed by atoms with Crippen LogP contribution in [-0.2, 0) is 7.05 Å². The highest BCUT2D eigenvalue weighted by Crippen LogP contribution is 2.56. The van der Waals surface area contributed by atoms with Crippen molar-refractivity contribution in [2.75, 3.05) is 11.9 Å². The van der Waals surface area contributed by atoms with Crippen LogP contribution in [0.15, 0.2) is 36.3 Å². The van der Waals surface area contributed by atoms with Gasteiger partial charge in [-0.3, -0.25) is 14.9 Å². The van der Waals surface area contributed by atoms with E-state index in [2.05, 4.69) is 15.7 Å². The summed E-state index contributed by atoms with van der Waals surface area (Å²) < 4.78 is 15.3. The van der Waals surface area contributed by atoms with Gasteiger partial charge in [0, 0.05) is 36.2 Å². The second kappa shape index (κ2) is 9.24. The first-order valence-electron chi connectivity index (χ1n) is 12.3. The molecule has 11 nitrogen and oxygen atoms in total. The molecule has 2 aliphatic carbocycles. The largest absolute Gasteiger partial charge is 0.384 e. The lowest BCUT2D eigenvalue weighted by molar-refractivity contribution is -0.518. The number of nitrogens with zero attached hydrogens (tertiary/aromatic N) is 5. The summed E-state index contributed by atoms with van der Waals surface area (Å²) in [6, 6.07) is 5.60. The molecule has 1 amide bonds. The lowest BCUT2D eigenvalue weighted by Gasteiger charge is -2.32. The van der Waals surface area contributed by atoms with Crippen LogP contribution in [0, 0.1) is 39.1 Å². The molecule has 0 bridgehead atoms. The second-order valence-electron chi connectivity index (χ2n) is 10.1. The summed E-state index contributed by atoms with van der Waals surface area (Å²) in [5.74, 6) is -0.645. The van der Waals surface area contributed by atoms with Crippen molar-refractivity contribution in [2.24, 2.45) is 18.9 Å². The minimum absolute atomic E-state index is 0.0221. The molecule has 1 aromatic carbocycles. The van der Waals surface area contributed by atoms with Gasteiger partial charge in [-0.2, -0.15) is 10.7 Å². The summed E-state index contributed by atoms with van der Waals surface area (Å²) in [5, 5.41) is 36.3. The van der Waals surface area contributed by atoms with E-state index >= 15 is 0 Å². The molecule has 2 fully saturated rings. The molecule has 37 heavy (non-hydrogen) atoms. The quantitative estimate of drug-likeness (QED) is 0.397. The number of anilines is 1. The van der Waals surface area contributed by atoms with E-state index in [1.165, 1.54) is 18.2 Å². The fraction of sp³-hybridized carbons (Fsp3) is 0.480. The van der Waals surface area contributed by atoms with Crippen molar-refractivity contribution in [1.29, 1.82) is 5.26 Å². The van der Waals surface area contributed by atoms with Crippen LogP contribution in [0.25, 0.3) is 0 Å². The van der Waals surface area contributed by atoms with Gasteiger partial charge in [0.2, 0.25) is 0 Å².